The van der Waals surface area contributed by atoms with Gasteiger partial charge in [0.1, 0.15) is 0 Å². The third-order valence-electron chi connectivity index (χ3n) is 4.03. The van der Waals surface area contributed by atoms with Crippen LogP contribution in [0.2, 0.25) is 0 Å². The standard InChI is InChI=1S/C20H26N2O2S/c1-5-7-17-15(6-2)12-18(25-17)20(24)22(4)13-19(23)21-16-10-8-14(3)9-11-16/h8-12H,5-7,13H2,1-4H3,(H,21,23). The predicted molar refractivity (Wildman–Crippen MR) is 104 cm³/mol. The van der Waals surface area contributed by atoms with Gasteiger partial charge in [-0.3, -0.25) is 9.59 Å². The van der Waals surface area contributed by atoms with Gasteiger partial charge in [-0.1, -0.05) is 38.0 Å². The number of nitrogens with zero attached hydrogens (tertiary/aromatic N) is 1. The van der Waals surface area contributed by atoms with Crippen molar-refractivity contribution in [3.63, 3.8) is 0 Å². The molecule has 1 N–H and O–H groups in total. The van der Waals surface area contributed by atoms with Crippen LogP contribution in [-0.4, -0.2) is 30.3 Å². The lowest BCUT2D eigenvalue weighted by molar-refractivity contribution is -0.116. The van der Waals surface area contributed by atoms with E-state index in [0.717, 1.165) is 30.5 Å². The summed E-state index contributed by atoms with van der Waals surface area (Å²) in [5.41, 5.74) is 3.12. The first kappa shape index (κ1) is 19.2. The van der Waals surface area contributed by atoms with Gasteiger partial charge in [-0.2, -0.15) is 0 Å². The van der Waals surface area contributed by atoms with Gasteiger partial charge in [0, 0.05) is 17.6 Å². The molecule has 4 nitrogen and oxygen atoms in total. The van der Waals surface area contributed by atoms with Crippen molar-refractivity contribution in [2.24, 2.45) is 0 Å². The van der Waals surface area contributed by atoms with E-state index >= 15 is 0 Å². The van der Waals surface area contributed by atoms with Gasteiger partial charge in [0.15, 0.2) is 0 Å². The molecule has 25 heavy (non-hydrogen) atoms. The molecular formula is C20H26N2O2S. The number of anilines is 1. The van der Waals surface area contributed by atoms with E-state index in [2.05, 4.69) is 19.2 Å². The number of hydrogen-bond acceptors (Lipinski definition) is 3. The summed E-state index contributed by atoms with van der Waals surface area (Å²) in [5.74, 6) is -0.290. The van der Waals surface area contributed by atoms with Crippen LogP contribution in [0.4, 0.5) is 5.69 Å². The fraction of sp³-hybridized carbons (Fsp3) is 0.400. The SMILES string of the molecule is CCCc1sc(C(=O)N(C)CC(=O)Nc2ccc(C)cc2)cc1CC. The monoisotopic (exact) mass is 358 g/mol. The van der Waals surface area contributed by atoms with Crippen molar-refractivity contribution < 1.29 is 9.59 Å². The molecule has 0 saturated carbocycles. The molecule has 134 valence electrons. The molecule has 0 aliphatic carbocycles. The van der Waals surface area contributed by atoms with Crippen molar-refractivity contribution in [1.29, 1.82) is 0 Å². The highest BCUT2D eigenvalue weighted by atomic mass is 32.1. The van der Waals surface area contributed by atoms with Crippen molar-refractivity contribution in [3.8, 4) is 0 Å². The zero-order valence-electron chi connectivity index (χ0n) is 15.4. The van der Waals surface area contributed by atoms with Crippen LogP contribution in [0.1, 0.15) is 45.9 Å². The molecule has 0 spiro atoms. The Hall–Kier alpha value is -2.14. The molecule has 0 unspecified atom stereocenters. The van der Waals surface area contributed by atoms with Crippen molar-refractivity contribution in [1.82, 2.24) is 4.90 Å². The number of carbonyl (C=O) groups is 2. The van der Waals surface area contributed by atoms with Crippen molar-refractivity contribution >= 4 is 28.8 Å². The molecule has 0 bridgehead atoms. The number of rotatable bonds is 7. The molecule has 1 heterocycles. The Labute approximate surface area is 153 Å². The summed E-state index contributed by atoms with van der Waals surface area (Å²) in [7, 11) is 1.67. The molecule has 0 radical (unpaired) electrons. The molecule has 0 aliphatic rings. The molecule has 1 aromatic heterocycles. The van der Waals surface area contributed by atoms with Gasteiger partial charge in [-0.15, -0.1) is 11.3 Å². The number of likely N-dealkylation sites (N-methyl/N-ethyl adjacent to an activating group) is 1. The highest BCUT2D eigenvalue weighted by molar-refractivity contribution is 7.14. The zero-order valence-corrected chi connectivity index (χ0v) is 16.2. The lowest BCUT2D eigenvalue weighted by Crippen LogP contribution is -2.34. The number of hydrogen-bond donors (Lipinski definition) is 1. The molecule has 0 fully saturated rings. The molecule has 2 rings (SSSR count). The van der Waals surface area contributed by atoms with Crippen LogP contribution in [0, 0.1) is 6.92 Å². The molecule has 0 saturated heterocycles. The average Bonchev–Trinajstić information content (AvgIpc) is 2.99. The number of aryl methyl sites for hydroxylation is 3. The number of nitrogens with one attached hydrogen (secondary N) is 1. The van der Waals surface area contributed by atoms with Crippen LogP contribution in [0.3, 0.4) is 0 Å². The van der Waals surface area contributed by atoms with Crippen LogP contribution in [0.5, 0.6) is 0 Å². The van der Waals surface area contributed by atoms with E-state index < -0.39 is 0 Å². The van der Waals surface area contributed by atoms with E-state index in [1.165, 1.54) is 15.3 Å². The summed E-state index contributed by atoms with van der Waals surface area (Å²) in [6.07, 6.45) is 2.99. The second kappa shape index (κ2) is 8.81. The minimum Gasteiger partial charge on any atom is -0.332 e. The maximum absolute atomic E-state index is 12.6. The molecule has 5 heteroatoms. The fourth-order valence-electron chi connectivity index (χ4n) is 2.62. The Morgan fingerprint density at radius 1 is 1.16 bits per heavy atom. The predicted octanol–water partition coefficient (Wildman–Crippen LogP) is 4.28. The minimum absolute atomic E-state index is 0.0369. The first-order valence-electron chi connectivity index (χ1n) is 8.68. The molecule has 1 aromatic carbocycles. The second-order valence-corrected chi connectivity index (χ2v) is 7.37. The summed E-state index contributed by atoms with van der Waals surface area (Å²) < 4.78 is 0. The smallest absolute Gasteiger partial charge is 0.264 e. The number of thiophene rings is 1. The maximum atomic E-state index is 12.6. The summed E-state index contributed by atoms with van der Waals surface area (Å²) >= 11 is 1.55. The zero-order chi connectivity index (χ0) is 18.4. The highest BCUT2D eigenvalue weighted by Gasteiger charge is 2.19. The molecule has 2 amide bonds. The van der Waals surface area contributed by atoms with E-state index in [1.807, 2.05) is 37.3 Å². The Morgan fingerprint density at radius 2 is 1.84 bits per heavy atom. The maximum Gasteiger partial charge on any atom is 0.264 e. The van der Waals surface area contributed by atoms with E-state index in [0.29, 0.717) is 4.88 Å². The molecule has 0 aliphatic heterocycles. The topological polar surface area (TPSA) is 49.4 Å². The lowest BCUT2D eigenvalue weighted by Gasteiger charge is -2.16. The van der Waals surface area contributed by atoms with Crippen LogP contribution in [0.25, 0.3) is 0 Å². The van der Waals surface area contributed by atoms with Gasteiger partial charge >= 0.3 is 0 Å². The Kier molecular flexibility index (Phi) is 6.76. The van der Waals surface area contributed by atoms with E-state index in [-0.39, 0.29) is 18.4 Å². The average molecular weight is 359 g/mol. The summed E-state index contributed by atoms with van der Waals surface area (Å²) in [6.45, 7) is 6.28. The van der Waals surface area contributed by atoms with Crippen molar-refractivity contribution in [3.05, 3.63) is 51.2 Å². The van der Waals surface area contributed by atoms with Gasteiger partial charge in [-0.25, -0.2) is 0 Å². The molecule has 0 atom stereocenters. The third-order valence-corrected chi connectivity index (χ3v) is 5.25. The van der Waals surface area contributed by atoms with Crippen LogP contribution in [-0.2, 0) is 17.6 Å². The van der Waals surface area contributed by atoms with E-state index in [9.17, 15) is 9.59 Å². The summed E-state index contributed by atoms with van der Waals surface area (Å²) in [6, 6.07) is 9.58. The summed E-state index contributed by atoms with van der Waals surface area (Å²) in [4.78, 5) is 28.3. The van der Waals surface area contributed by atoms with Crippen LogP contribution >= 0.6 is 11.3 Å². The van der Waals surface area contributed by atoms with Crippen LogP contribution in [0.15, 0.2) is 30.3 Å². The van der Waals surface area contributed by atoms with E-state index in [4.69, 9.17) is 0 Å². The second-order valence-electron chi connectivity index (χ2n) is 6.24. The van der Waals surface area contributed by atoms with Crippen molar-refractivity contribution in [2.45, 2.75) is 40.0 Å². The summed E-state index contributed by atoms with van der Waals surface area (Å²) in [5, 5.41) is 2.83. The van der Waals surface area contributed by atoms with Crippen LogP contribution < -0.4 is 5.32 Å². The first-order valence-corrected chi connectivity index (χ1v) is 9.49. The van der Waals surface area contributed by atoms with Gasteiger partial charge in [-0.05, 0) is 43.5 Å². The molecule has 2 aromatic rings. The Morgan fingerprint density at radius 3 is 2.44 bits per heavy atom. The largest absolute Gasteiger partial charge is 0.332 e. The van der Waals surface area contributed by atoms with E-state index in [1.54, 1.807) is 18.4 Å². The first-order chi connectivity index (χ1) is 11.9. The number of carbonyl (C=O) groups excluding carboxylic acids is 2. The quantitative estimate of drug-likeness (QED) is 0.803. The highest BCUT2D eigenvalue weighted by Crippen LogP contribution is 2.25. The van der Waals surface area contributed by atoms with Gasteiger partial charge in [0.25, 0.3) is 5.91 Å². The minimum atomic E-state index is -0.194. The molecular weight excluding hydrogens is 332 g/mol. The van der Waals surface area contributed by atoms with Gasteiger partial charge < -0.3 is 10.2 Å². The Bertz CT molecular complexity index is 735. The van der Waals surface area contributed by atoms with Crippen molar-refractivity contribution in [2.75, 3.05) is 18.9 Å². The fourth-order valence-corrected chi connectivity index (χ4v) is 3.97. The Balaban J connectivity index is 1.99. The normalized spacial score (nSPS) is 10.6. The lowest BCUT2D eigenvalue weighted by atomic mass is 10.1. The van der Waals surface area contributed by atoms with Gasteiger partial charge in [0.2, 0.25) is 5.91 Å². The number of benzene rings is 1. The van der Waals surface area contributed by atoms with Gasteiger partial charge in [0.05, 0.1) is 11.4 Å². The third kappa shape index (κ3) is 5.16. The number of amides is 2.